The highest BCUT2D eigenvalue weighted by atomic mass is 32.1. The predicted molar refractivity (Wildman–Crippen MR) is 96.7 cm³/mol. The van der Waals surface area contributed by atoms with Gasteiger partial charge in [-0.2, -0.15) is 0 Å². The molecule has 0 bridgehead atoms. The van der Waals surface area contributed by atoms with E-state index in [1.807, 2.05) is 6.92 Å². The second-order valence-corrected chi connectivity index (χ2v) is 7.98. The molecule has 0 aliphatic heterocycles. The summed E-state index contributed by atoms with van der Waals surface area (Å²) in [5.74, 6) is -0.0853. The number of thiophene rings is 1. The molecule has 0 aromatic carbocycles. The van der Waals surface area contributed by atoms with Gasteiger partial charge in [0.25, 0.3) is 0 Å². The number of hydrogen-bond acceptors (Lipinski definition) is 4. The molecule has 24 heavy (non-hydrogen) atoms. The van der Waals surface area contributed by atoms with Crippen LogP contribution in [0.1, 0.15) is 79.1 Å². The summed E-state index contributed by atoms with van der Waals surface area (Å²) in [5.41, 5.74) is 1.76. The third-order valence-corrected chi connectivity index (χ3v) is 6.23. The van der Waals surface area contributed by atoms with Gasteiger partial charge in [-0.05, 0) is 50.5 Å². The summed E-state index contributed by atoms with van der Waals surface area (Å²) in [7, 11) is 0. The molecule has 1 N–H and O–H groups in total. The van der Waals surface area contributed by atoms with Gasteiger partial charge < -0.3 is 10.1 Å². The van der Waals surface area contributed by atoms with Gasteiger partial charge in [0.1, 0.15) is 5.00 Å². The van der Waals surface area contributed by atoms with Gasteiger partial charge in [0.05, 0.1) is 12.2 Å². The Morgan fingerprint density at radius 1 is 1.12 bits per heavy atom. The summed E-state index contributed by atoms with van der Waals surface area (Å²) in [6.07, 6.45) is 10.4. The number of carbonyl (C=O) groups is 2. The third kappa shape index (κ3) is 3.82. The quantitative estimate of drug-likeness (QED) is 0.618. The zero-order valence-electron chi connectivity index (χ0n) is 14.5. The molecular formula is C19H27NO3S. The van der Waals surface area contributed by atoms with Gasteiger partial charge in [-0.15, -0.1) is 11.3 Å². The smallest absolute Gasteiger partial charge is 0.341 e. The molecule has 132 valence electrons. The third-order valence-electron chi connectivity index (χ3n) is 5.03. The number of aryl methyl sites for hydroxylation is 1. The summed E-state index contributed by atoms with van der Waals surface area (Å²) in [5, 5.41) is 3.79. The van der Waals surface area contributed by atoms with Gasteiger partial charge in [0.15, 0.2) is 0 Å². The fourth-order valence-corrected chi connectivity index (χ4v) is 5.00. The SMILES string of the molecule is CCCOC(=O)c1c(NC(=O)C2CCCC2)sc2c1CCCCC2. The number of fused-ring (bicyclic) bond motifs is 1. The number of rotatable bonds is 5. The van der Waals surface area contributed by atoms with Crippen molar-refractivity contribution in [2.75, 3.05) is 11.9 Å². The van der Waals surface area contributed by atoms with Gasteiger partial charge >= 0.3 is 5.97 Å². The van der Waals surface area contributed by atoms with Crippen LogP contribution < -0.4 is 5.32 Å². The Hall–Kier alpha value is -1.36. The average Bonchev–Trinajstić information content (AvgIpc) is 3.16. The molecule has 3 rings (SSSR count). The van der Waals surface area contributed by atoms with Crippen LogP contribution in [0.15, 0.2) is 0 Å². The Bertz CT molecular complexity index is 602. The lowest BCUT2D eigenvalue weighted by Gasteiger charge is -2.11. The molecule has 5 heteroatoms. The molecule has 1 heterocycles. The Kier molecular flexibility index (Phi) is 5.93. The van der Waals surface area contributed by atoms with Crippen molar-refractivity contribution < 1.29 is 14.3 Å². The van der Waals surface area contributed by atoms with Gasteiger partial charge in [0, 0.05) is 10.8 Å². The highest BCUT2D eigenvalue weighted by molar-refractivity contribution is 7.17. The van der Waals surface area contributed by atoms with Gasteiger partial charge in [0.2, 0.25) is 5.91 Å². The van der Waals surface area contributed by atoms with E-state index in [0.717, 1.165) is 68.4 Å². The summed E-state index contributed by atoms with van der Waals surface area (Å²) in [6.45, 7) is 2.42. The Morgan fingerprint density at radius 3 is 2.62 bits per heavy atom. The Balaban J connectivity index is 1.86. The first-order valence-corrected chi connectivity index (χ1v) is 10.1. The summed E-state index contributed by atoms with van der Waals surface area (Å²) >= 11 is 1.59. The van der Waals surface area contributed by atoms with Crippen LogP contribution in [-0.4, -0.2) is 18.5 Å². The van der Waals surface area contributed by atoms with Gasteiger partial charge in [-0.25, -0.2) is 4.79 Å². The minimum atomic E-state index is -0.266. The predicted octanol–water partition coefficient (Wildman–Crippen LogP) is 4.71. The number of esters is 1. The van der Waals surface area contributed by atoms with E-state index in [9.17, 15) is 9.59 Å². The minimum absolute atomic E-state index is 0.0773. The van der Waals surface area contributed by atoms with Crippen LogP contribution in [0.25, 0.3) is 0 Å². The molecule has 1 saturated carbocycles. The second kappa shape index (κ2) is 8.15. The standard InChI is InChI=1S/C19H27NO3S/c1-2-12-23-19(22)16-14-10-4-3-5-11-15(14)24-18(16)20-17(21)13-8-6-7-9-13/h13H,2-12H2,1H3,(H,20,21). The van der Waals surface area contributed by atoms with Crippen LogP contribution in [0.5, 0.6) is 0 Å². The van der Waals surface area contributed by atoms with E-state index in [2.05, 4.69) is 5.32 Å². The summed E-state index contributed by atoms with van der Waals surface area (Å²) < 4.78 is 5.41. The molecular weight excluding hydrogens is 322 g/mol. The van der Waals surface area contributed by atoms with E-state index < -0.39 is 0 Å². The monoisotopic (exact) mass is 349 g/mol. The molecule has 0 unspecified atom stereocenters. The van der Waals surface area contributed by atoms with Crippen molar-refractivity contribution in [3.63, 3.8) is 0 Å². The van der Waals surface area contributed by atoms with Gasteiger partial charge in [-0.3, -0.25) is 4.79 Å². The number of amides is 1. The van der Waals surface area contributed by atoms with E-state index >= 15 is 0 Å². The minimum Gasteiger partial charge on any atom is -0.462 e. The van der Waals surface area contributed by atoms with Crippen LogP contribution >= 0.6 is 11.3 Å². The average molecular weight is 349 g/mol. The van der Waals surface area contributed by atoms with E-state index in [1.54, 1.807) is 11.3 Å². The molecule has 2 aliphatic rings. The zero-order chi connectivity index (χ0) is 16.9. The van der Waals surface area contributed by atoms with Crippen LogP contribution in [0.2, 0.25) is 0 Å². The van der Waals surface area contributed by atoms with Crippen molar-refractivity contribution in [3.05, 3.63) is 16.0 Å². The lowest BCUT2D eigenvalue weighted by atomic mass is 10.0. The second-order valence-electron chi connectivity index (χ2n) is 6.88. The topological polar surface area (TPSA) is 55.4 Å². The highest BCUT2D eigenvalue weighted by Gasteiger charge is 2.29. The number of ether oxygens (including phenoxy) is 1. The summed E-state index contributed by atoms with van der Waals surface area (Å²) in [6, 6.07) is 0. The Labute approximate surface area is 148 Å². The van der Waals surface area contributed by atoms with Crippen LogP contribution in [-0.2, 0) is 22.4 Å². The number of anilines is 1. The highest BCUT2D eigenvalue weighted by Crippen LogP contribution is 2.38. The van der Waals surface area contributed by atoms with Crippen LogP contribution in [0.4, 0.5) is 5.00 Å². The maximum Gasteiger partial charge on any atom is 0.341 e. The van der Waals surface area contributed by atoms with E-state index in [4.69, 9.17) is 4.74 Å². The fraction of sp³-hybridized carbons (Fsp3) is 0.684. The van der Waals surface area contributed by atoms with Crippen LogP contribution in [0.3, 0.4) is 0 Å². The molecule has 0 saturated heterocycles. The van der Waals surface area contributed by atoms with Crippen molar-refractivity contribution in [1.82, 2.24) is 0 Å². The molecule has 0 spiro atoms. The molecule has 0 atom stereocenters. The molecule has 1 aromatic rings. The van der Waals surface area contributed by atoms with Crippen molar-refractivity contribution in [3.8, 4) is 0 Å². The van der Waals surface area contributed by atoms with Gasteiger partial charge in [-0.1, -0.05) is 26.2 Å². The van der Waals surface area contributed by atoms with Crippen molar-refractivity contribution in [1.29, 1.82) is 0 Å². The number of hydrogen-bond donors (Lipinski definition) is 1. The zero-order valence-corrected chi connectivity index (χ0v) is 15.3. The molecule has 4 nitrogen and oxygen atoms in total. The molecule has 0 radical (unpaired) electrons. The largest absolute Gasteiger partial charge is 0.462 e. The first-order chi connectivity index (χ1) is 11.7. The number of nitrogens with one attached hydrogen (secondary N) is 1. The normalized spacial score (nSPS) is 18.0. The van der Waals surface area contributed by atoms with E-state index in [1.165, 1.54) is 11.3 Å². The molecule has 1 aromatic heterocycles. The molecule has 1 fully saturated rings. The van der Waals surface area contributed by atoms with Crippen molar-refractivity contribution in [2.24, 2.45) is 5.92 Å². The number of carbonyl (C=O) groups excluding carboxylic acids is 2. The molecule has 1 amide bonds. The van der Waals surface area contributed by atoms with Crippen molar-refractivity contribution >= 4 is 28.2 Å². The maximum atomic E-state index is 12.6. The lowest BCUT2D eigenvalue weighted by molar-refractivity contribution is -0.119. The lowest BCUT2D eigenvalue weighted by Crippen LogP contribution is -2.21. The molecule has 2 aliphatic carbocycles. The van der Waals surface area contributed by atoms with E-state index in [-0.39, 0.29) is 17.8 Å². The fourth-order valence-electron chi connectivity index (χ4n) is 3.72. The van der Waals surface area contributed by atoms with Crippen LogP contribution in [0, 0.1) is 5.92 Å². The first kappa shape index (κ1) is 17.5. The van der Waals surface area contributed by atoms with E-state index in [0.29, 0.717) is 12.2 Å². The van der Waals surface area contributed by atoms with Crippen molar-refractivity contribution in [2.45, 2.75) is 71.1 Å². The maximum absolute atomic E-state index is 12.6. The summed E-state index contributed by atoms with van der Waals surface area (Å²) in [4.78, 5) is 26.4. The first-order valence-electron chi connectivity index (χ1n) is 9.33. The Morgan fingerprint density at radius 2 is 1.88 bits per heavy atom.